The molecule has 208 valence electrons. The van der Waals surface area contributed by atoms with E-state index in [1.54, 1.807) is 30.1 Å². The summed E-state index contributed by atoms with van der Waals surface area (Å²) < 4.78 is 99.2. The Bertz CT molecular complexity index is 1320. The number of rotatable bonds is 13. The number of halogens is 3. The van der Waals surface area contributed by atoms with Crippen LogP contribution in [0, 0.1) is 0 Å². The zero-order valence-corrected chi connectivity index (χ0v) is 22.8. The lowest BCUT2D eigenvalue weighted by molar-refractivity contribution is -0.0435. The minimum atomic E-state index is -5.95. The number of nitrogens with zero attached hydrogens (tertiary/aromatic N) is 1. The Morgan fingerprint density at radius 1 is 1.08 bits per heavy atom. The maximum absolute atomic E-state index is 13.4. The molecule has 5 N–H and O–H groups in total. The summed E-state index contributed by atoms with van der Waals surface area (Å²) in [6.45, 7) is 0.323. The number of sulfone groups is 1. The fraction of sp³-hybridized carbons (Fsp3) is 0.400. The van der Waals surface area contributed by atoms with Gasteiger partial charge < -0.3 is 20.0 Å². The molecule has 0 aliphatic rings. The van der Waals surface area contributed by atoms with Crippen molar-refractivity contribution in [3.63, 3.8) is 0 Å². The predicted molar refractivity (Wildman–Crippen MR) is 135 cm³/mol. The maximum atomic E-state index is 13.4. The normalized spacial score (nSPS) is 14.1. The molecule has 2 aromatic rings. The summed E-state index contributed by atoms with van der Waals surface area (Å²) in [5, 5.41) is 7.78. The van der Waals surface area contributed by atoms with Gasteiger partial charge in [0.05, 0.1) is 16.7 Å². The Balaban J connectivity index is 2.38. The molecule has 1 unspecified atom stereocenters. The van der Waals surface area contributed by atoms with Gasteiger partial charge in [-0.3, -0.25) is 4.57 Å². The van der Waals surface area contributed by atoms with Crippen LogP contribution in [0.15, 0.2) is 63.2 Å². The van der Waals surface area contributed by atoms with E-state index in [1.807, 2.05) is 12.1 Å². The van der Waals surface area contributed by atoms with Crippen molar-refractivity contribution in [1.82, 2.24) is 4.90 Å². The number of hydrogen-bond acceptors (Lipinski definition) is 8. The van der Waals surface area contributed by atoms with Gasteiger partial charge in [0.1, 0.15) is 4.90 Å². The second kappa shape index (κ2) is 12.5. The van der Waals surface area contributed by atoms with E-state index in [1.165, 1.54) is 11.8 Å². The first kappa shape index (κ1) is 31.6. The van der Waals surface area contributed by atoms with Crippen molar-refractivity contribution in [2.75, 3.05) is 37.4 Å². The molecule has 0 bridgehead atoms. The SMILES string of the molecule is CN(CCC(CSc1ccccc1)Nc1ccc(S(N)(=O)=O)cc1S(=O)(=O)C(F)(F)F)CCP(=O)(O)O. The lowest BCUT2D eigenvalue weighted by Crippen LogP contribution is -2.32. The Hall–Kier alpha value is -1.65. The van der Waals surface area contributed by atoms with E-state index in [4.69, 9.17) is 14.9 Å². The number of sulfonamides is 1. The lowest BCUT2D eigenvalue weighted by Gasteiger charge is -2.25. The zero-order valence-electron chi connectivity index (χ0n) is 19.5. The second-order valence-electron chi connectivity index (χ2n) is 8.10. The minimum absolute atomic E-state index is 0.0551. The van der Waals surface area contributed by atoms with Crippen LogP contribution in [0.2, 0.25) is 0 Å². The number of alkyl halides is 3. The van der Waals surface area contributed by atoms with E-state index in [0.29, 0.717) is 6.07 Å². The summed E-state index contributed by atoms with van der Waals surface area (Å²) >= 11 is 1.35. The lowest BCUT2D eigenvalue weighted by atomic mass is 10.2. The molecule has 10 nitrogen and oxygen atoms in total. The monoisotopic (exact) mass is 605 g/mol. The van der Waals surface area contributed by atoms with E-state index in [2.05, 4.69) is 5.32 Å². The third-order valence-electron chi connectivity index (χ3n) is 5.06. The molecule has 0 saturated carbocycles. The topological polar surface area (TPSA) is 167 Å². The average Bonchev–Trinajstić information content (AvgIpc) is 2.78. The van der Waals surface area contributed by atoms with Gasteiger partial charge in [0.25, 0.3) is 9.84 Å². The van der Waals surface area contributed by atoms with E-state index in [9.17, 15) is 34.6 Å². The molecule has 17 heteroatoms. The molecule has 0 spiro atoms. The van der Waals surface area contributed by atoms with Crippen LogP contribution >= 0.6 is 19.4 Å². The number of primary sulfonamides is 1. The molecule has 1 atom stereocenters. The fourth-order valence-corrected chi connectivity index (χ4v) is 6.22. The first-order valence-corrected chi connectivity index (χ1v) is 16.4. The summed E-state index contributed by atoms with van der Waals surface area (Å²) in [7, 11) is -13.1. The van der Waals surface area contributed by atoms with Crippen LogP contribution in [0.4, 0.5) is 18.9 Å². The molecular weight excluding hydrogens is 578 g/mol. The van der Waals surface area contributed by atoms with Crippen molar-refractivity contribution in [2.24, 2.45) is 5.14 Å². The quantitative estimate of drug-likeness (QED) is 0.197. The largest absolute Gasteiger partial charge is 0.501 e. The average molecular weight is 606 g/mol. The third-order valence-corrected chi connectivity index (χ3v) is 9.46. The number of nitrogens with two attached hydrogens (primary N) is 1. The first-order chi connectivity index (χ1) is 16.9. The summed E-state index contributed by atoms with van der Waals surface area (Å²) in [4.78, 5) is 18.5. The number of nitrogens with one attached hydrogen (secondary N) is 1. The van der Waals surface area contributed by atoms with Gasteiger partial charge in [-0.1, -0.05) is 18.2 Å². The molecule has 0 heterocycles. The molecular formula is C20H27F3N3O7PS3. The van der Waals surface area contributed by atoms with Crippen LogP contribution in [0.1, 0.15) is 6.42 Å². The second-order valence-corrected chi connectivity index (χ2v) is 14.4. The van der Waals surface area contributed by atoms with Gasteiger partial charge in [-0.25, -0.2) is 22.0 Å². The fourth-order valence-electron chi connectivity index (χ4n) is 3.07. The predicted octanol–water partition coefficient (Wildman–Crippen LogP) is 2.70. The molecule has 0 aliphatic carbocycles. The molecule has 0 amide bonds. The van der Waals surface area contributed by atoms with Gasteiger partial charge in [0.2, 0.25) is 10.0 Å². The van der Waals surface area contributed by atoms with Crippen LogP contribution in [-0.2, 0) is 24.4 Å². The van der Waals surface area contributed by atoms with Crippen LogP contribution in [0.3, 0.4) is 0 Å². The molecule has 0 aliphatic heterocycles. The van der Waals surface area contributed by atoms with E-state index >= 15 is 0 Å². The molecule has 0 aromatic heterocycles. The Labute approximate surface area is 217 Å². The highest BCUT2D eigenvalue weighted by Crippen LogP contribution is 2.36. The summed E-state index contributed by atoms with van der Waals surface area (Å²) in [6.07, 6.45) is -0.136. The molecule has 37 heavy (non-hydrogen) atoms. The number of thioether (sulfide) groups is 1. The first-order valence-electron chi connectivity index (χ1n) is 10.6. The highest BCUT2D eigenvalue weighted by atomic mass is 32.2. The molecule has 0 saturated heterocycles. The highest BCUT2D eigenvalue weighted by Gasteiger charge is 2.48. The van der Waals surface area contributed by atoms with Crippen molar-refractivity contribution < 1.29 is 44.4 Å². The number of hydrogen-bond donors (Lipinski definition) is 4. The van der Waals surface area contributed by atoms with Gasteiger partial charge >= 0.3 is 13.1 Å². The third kappa shape index (κ3) is 9.87. The minimum Gasteiger partial charge on any atom is -0.380 e. The van der Waals surface area contributed by atoms with E-state index < -0.39 is 54.5 Å². The van der Waals surface area contributed by atoms with Crippen molar-refractivity contribution >= 4 is 44.9 Å². The molecule has 2 rings (SSSR count). The van der Waals surface area contributed by atoms with Crippen LogP contribution in [0.25, 0.3) is 0 Å². The Morgan fingerprint density at radius 2 is 1.70 bits per heavy atom. The molecule has 0 radical (unpaired) electrons. The van der Waals surface area contributed by atoms with Gasteiger partial charge in [0.15, 0.2) is 0 Å². The van der Waals surface area contributed by atoms with Crippen molar-refractivity contribution in [1.29, 1.82) is 0 Å². The zero-order chi connectivity index (χ0) is 28.1. The smallest absolute Gasteiger partial charge is 0.380 e. The van der Waals surface area contributed by atoms with E-state index in [0.717, 1.165) is 17.0 Å². The van der Waals surface area contributed by atoms with Gasteiger partial charge in [-0.15, -0.1) is 11.8 Å². The van der Waals surface area contributed by atoms with Crippen molar-refractivity contribution in [2.45, 2.75) is 32.7 Å². The molecule has 0 fully saturated rings. The van der Waals surface area contributed by atoms with Crippen LogP contribution in [-0.4, -0.2) is 75.1 Å². The van der Waals surface area contributed by atoms with Crippen LogP contribution < -0.4 is 10.5 Å². The molecule has 2 aromatic carbocycles. The van der Waals surface area contributed by atoms with Gasteiger partial charge in [-0.2, -0.15) is 13.2 Å². The summed E-state index contributed by atoms with van der Waals surface area (Å²) in [6, 6.07) is 10.6. The number of benzene rings is 2. The van der Waals surface area contributed by atoms with E-state index in [-0.39, 0.29) is 31.4 Å². The maximum Gasteiger partial charge on any atom is 0.501 e. The Kier molecular flexibility index (Phi) is 10.6. The van der Waals surface area contributed by atoms with Crippen molar-refractivity contribution in [3.05, 3.63) is 48.5 Å². The summed E-state index contributed by atoms with van der Waals surface area (Å²) in [5.74, 6) is 0.277. The van der Waals surface area contributed by atoms with Gasteiger partial charge in [0, 0.05) is 23.2 Å². The summed E-state index contributed by atoms with van der Waals surface area (Å²) in [5.41, 5.74) is -6.15. The Morgan fingerprint density at radius 3 is 2.24 bits per heavy atom. The van der Waals surface area contributed by atoms with Crippen LogP contribution in [0.5, 0.6) is 0 Å². The highest BCUT2D eigenvalue weighted by molar-refractivity contribution is 7.99. The van der Waals surface area contributed by atoms with Gasteiger partial charge in [-0.05, 0) is 50.3 Å². The standard InChI is InChI=1S/C20H27F3N3O7PS3/c1-26(11-12-34(27,28)29)10-9-15(14-35-16-5-3-2-4-6-16)25-18-8-7-17(37(24,32)33)13-19(18)36(30,31)20(21,22)23/h2-8,13,15,25H,9-12,14H2,1H3,(H2,24,32,33)(H2,27,28,29). The number of anilines is 1. The van der Waals surface area contributed by atoms with Crippen molar-refractivity contribution in [3.8, 4) is 0 Å².